The molecule has 0 saturated carbocycles. The van der Waals surface area contributed by atoms with Crippen molar-refractivity contribution in [1.82, 2.24) is 9.55 Å². The highest BCUT2D eigenvalue weighted by atomic mass is 32.3. The fraction of sp³-hybridized carbons (Fsp3) is 0.600. The molecule has 3 atom stereocenters. The molecule has 12 heteroatoms. The standard InChI is InChI=1S/C10H14N2O5.H2O4S/c1-5-3-12(10(16)11-9(5)15)8-2-6(14)7(4-13)17-8;1-5(2,3)4/h3,6-8,13-14H,2,4H2,1H3,(H,11,15,16);(H2,1,2,3,4)/t6-,7+,8+;/m0./s1. The number of nitrogens with one attached hydrogen (secondary N) is 1. The summed E-state index contributed by atoms with van der Waals surface area (Å²) >= 11 is 0. The van der Waals surface area contributed by atoms with E-state index in [1.165, 1.54) is 10.8 Å². The first-order valence-electron chi connectivity index (χ1n) is 5.99. The lowest BCUT2D eigenvalue weighted by Gasteiger charge is -2.14. The van der Waals surface area contributed by atoms with Gasteiger partial charge in [-0.05, 0) is 6.92 Å². The van der Waals surface area contributed by atoms with Crippen molar-refractivity contribution >= 4 is 10.4 Å². The molecular weight excluding hydrogens is 324 g/mol. The summed E-state index contributed by atoms with van der Waals surface area (Å²) in [5.74, 6) is 0. The molecule has 1 fully saturated rings. The van der Waals surface area contributed by atoms with E-state index in [0.717, 1.165) is 0 Å². The van der Waals surface area contributed by atoms with Gasteiger partial charge in [-0.3, -0.25) is 23.5 Å². The Morgan fingerprint density at radius 2 is 1.95 bits per heavy atom. The van der Waals surface area contributed by atoms with E-state index in [4.69, 9.17) is 27.4 Å². The number of hydrogen-bond donors (Lipinski definition) is 5. The highest BCUT2D eigenvalue weighted by Gasteiger charge is 2.34. The van der Waals surface area contributed by atoms with Gasteiger partial charge in [0.15, 0.2) is 0 Å². The van der Waals surface area contributed by atoms with Gasteiger partial charge in [0.05, 0.1) is 12.7 Å². The van der Waals surface area contributed by atoms with Crippen molar-refractivity contribution in [2.45, 2.75) is 31.8 Å². The maximum Gasteiger partial charge on any atom is 0.394 e. The second-order valence-corrected chi connectivity index (χ2v) is 5.44. The molecule has 1 aromatic rings. The van der Waals surface area contributed by atoms with Crippen LogP contribution in [0.4, 0.5) is 0 Å². The molecule has 0 spiro atoms. The average molecular weight is 340 g/mol. The second kappa shape index (κ2) is 7.13. The minimum atomic E-state index is -4.67. The zero-order valence-corrected chi connectivity index (χ0v) is 12.2. The van der Waals surface area contributed by atoms with Crippen molar-refractivity contribution in [2.75, 3.05) is 6.61 Å². The maximum absolute atomic E-state index is 11.6. The third kappa shape index (κ3) is 5.32. The van der Waals surface area contributed by atoms with E-state index in [9.17, 15) is 14.7 Å². The summed E-state index contributed by atoms with van der Waals surface area (Å²) in [4.78, 5) is 24.9. The number of ether oxygens (including phenoxy) is 1. The Labute approximate surface area is 124 Å². The summed E-state index contributed by atoms with van der Waals surface area (Å²) in [6.07, 6.45) is -0.581. The molecule has 0 aromatic carbocycles. The molecule has 126 valence electrons. The number of aromatic amines is 1. The third-order valence-electron chi connectivity index (χ3n) is 2.84. The molecule has 11 nitrogen and oxygen atoms in total. The van der Waals surface area contributed by atoms with Gasteiger partial charge in [-0.2, -0.15) is 8.42 Å². The quantitative estimate of drug-likeness (QED) is 0.374. The van der Waals surface area contributed by atoms with Crippen LogP contribution in [0.15, 0.2) is 15.8 Å². The molecule has 0 radical (unpaired) electrons. The summed E-state index contributed by atoms with van der Waals surface area (Å²) in [7, 11) is -4.67. The highest BCUT2D eigenvalue weighted by molar-refractivity contribution is 7.79. The molecule has 5 N–H and O–H groups in total. The lowest BCUT2D eigenvalue weighted by molar-refractivity contribution is -0.0459. The van der Waals surface area contributed by atoms with Gasteiger partial charge in [0.2, 0.25) is 0 Å². The van der Waals surface area contributed by atoms with Crippen molar-refractivity contribution in [3.8, 4) is 0 Å². The van der Waals surface area contributed by atoms with E-state index >= 15 is 0 Å². The number of aliphatic hydroxyl groups excluding tert-OH is 2. The topological polar surface area (TPSA) is 179 Å². The van der Waals surface area contributed by atoms with Crippen LogP contribution in [0, 0.1) is 6.92 Å². The second-order valence-electron chi connectivity index (χ2n) is 4.54. The van der Waals surface area contributed by atoms with Crippen LogP contribution >= 0.6 is 0 Å². The van der Waals surface area contributed by atoms with E-state index in [1.54, 1.807) is 6.92 Å². The van der Waals surface area contributed by atoms with Crippen molar-refractivity contribution in [3.63, 3.8) is 0 Å². The fourth-order valence-electron chi connectivity index (χ4n) is 1.85. The Balaban J connectivity index is 0.000000422. The summed E-state index contributed by atoms with van der Waals surface area (Å²) in [5.41, 5.74) is -0.643. The molecule has 2 rings (SSSR count). The van der Waals surface area contributed by atoms with Crippen molar-refractivity contribution in [2.24, 2.45) is 0 Å². The Hall–Kier alpha value is -1.57. The Morgan fingerprint density at radius 1 is 1.41 bits per heavy atom. The monoisotopic (exact) mass is 340 g/mol. The molecule has 1 saturated heterocycles. The third-order valence-corrected chi connectivity index (χ3v) is 2.84. The minimum Gasteiger partial charge on any atom is -0.394 e. The molecule has 1 aromatic heterocycles. The molecule has 1 aliphatic heterocycles. The zero-order chi connectivity index (χ0) is 17.1. The summed E-state index contributed by atoms with van der Waals surface area (Å²) in [6, 6.07) is 0. The summed E-state index contributed by atoms with van der Waals surface area (Å²) < 4.78 is 38.1. The number of hydrogen-bond acceptors (Lipinski definition) is 7. The number of aromatic nitrogens is 2. The Kier molecular flexibility index (Phi) is 5.99. The number of rotatable bonds is 2. The highest BCUT2D eigenvalue weighted by Crippen LogP contribution is 2.27. The average Bonchev–Trinajstić information content (AvgIpc) is 2.73. The smallest absolute Gasteiger partial charge is 0.394 e. The number of nitrogens with zero attached hydrogens (tertiary/aromatic N) is 1. The van der Waals surface area contributed by atoms with Gasteiger partial charge in [0.25, 0.3) is 5.56 Å². The Morgan fingerprint density at radius 3 is 2.41 bits per heavy atom. The first kappa shape index (κ1) is 18.5. The predicted octanol–water partition coefficient (Wildman–Crippen LogP) is -2.17. The minimum absolute atomic E-state index is 0.205. The van der Waals surface area contributed by atoms with Crippen LogP contribution in [-0.4, -0.2) is 56.1 Å². The van der Waals surface area contributed by atoms with Crippen LogP contribution in [0.1, 0.15) is 18.2 Å². The van der Waals surface area contributed by atoms with Gasteiger partial charge in [-0.15, -0.1) is 0 Å². The molecule has 22 heavy (non-hydrogen) atoms. The van der Waals surface area contributed by atoms with Crippen LogP contribution in [0.2, 0.25) is 0 Å². The largest absolute Gasteiger partial charge is 0.394 e. The molecule has 2 heterocycles. The predicted molar refractivity (Wildman–Crippen MR) is 71.9 cm³/mol. The van der Waals surface area contributed by atoms with Gasteiger partial charge in [-0.25, -0.2) is 4.79 Å². The molecule has 1 aliphatic rings. The van der Waals surface area contributed by atoms with Crippen LogP contribution in [0.5, 0.6) is 0 Å². The normalized spacial score (nSPS) is 24.7. The molecule has 0 aliphatic carbocycles. The number of aliphatic hydroxyl groups is 2. The van der Waals surface area contributed by atoms with E-state index in [0.29, 0.717) is 5.56 Å². The molecular formula is C10H16N2O9S. The van der Waals surface area contributed by atoms with E-state index < -0.39 is 40.1 Å². The van der Waals surface area contributed by atoms with Crippen LogP contribution in [0.25, 0.3) is 0 Å². The lowest BCUT2D eigenvalue weighted by Crippen LogP contribution is -2.33. The summed E-state index contributed by atoms with van der Waals surface area (Å²) in [6.45, 7) is 1.26. The molecule has 0 unspecified atom stereocenters. The fourth-order valence-corrected chi connectivity index (χ4v) is 1.85. The van der Waals surface area contributed by atoms with Gasteiger partial charge in [-0.1, -0.05) is 0 Å². The molecule has 0 bridgehead atoms. The zero-order valence-electron chi connectivity index (χ0n) is 11.4. The number of H-pyrrole nitrogens is 1. The van der Waals surface area contributed by atoms with Gasteiger partial charge >= 0.3 is 16.1 Å². The van der Waals surface area contributed by atoms with Gasteiger partial charge < -0.3 is 14.9 Å². The first-order chi connectivity index (χ1) is 10.0. The Bertz CT molecular complexity index is 715. The van der Waals surface area contributed by atoms with Gasteiger partial charge in [0, 0.05) is 18.2 Å². The van der Waals surface area contributed by atoms with E-state index in [2.05, 4.69) is 4.98 Å². The SMILES string of the molecule is Cc1cn([C@H]2C[C@H](O)[C@@H](CO)O2)c(=O)[nH]c1=O.O=S(=O)(O)O. The molecule has 0 amide bonds. The van der Waals surface area contributed by atoms with Crippen LogP contribution in [-0.2, 0) is 15.1 Å². The van der Waals surface area contributed by atoms with Crippen molar-refractivity contribution in [1.29, 1.82) is 0 Å². The van der Waals surface area contributed by atoms with Gasteiger partial charge in [0.1, 0.15) is 12.3 Å². The van der Waals surface area contributed by atoms with Crippen molar-refractivity contribution < 1.29 is 32.5 Å². The first-order valence-corrected chi connectivity index (χ1v) is 7.39. The van der Waals surface area contributed by atoms with Crippen LogP contribution < -0.4 is 11.2 Å². The van der Waals surface area contributed by atoms with Crippen LogP contribution in [0.3, 0.4) is 0 Å². The maximum atomic E-state index is 11.6. The lowest BCUT2D eigenvalue weighted by atomic mass is 10.2. The van der Waals surface area contributed by atoms with E-state index in [-0.39, 0.29) is 13.0 Å². The summed E-state index contributed by atoms with van der Waals surface area (Å²) in [5, 5.41) is 18.5. The number of aryl methyl sites for hydroxylation is 1. The van der Waals surface area contributed by atoms with Crippen molar-refractivity contribution in [3.05, 3.63) is 32.6 Å². The van der Waals surface area contributed by atoms with E-state index in [1.807, 2.05) is 0 Å².